The minimum absolute atomic E-state index is 0.792. The standard InChI is InChI=1S/C17H32N2/c1-18-17(10-13-6-4-3-5-7-13)14-11-15-8-9-16(12-14)19(15)2/h13-18H,3-12H2,1-2H3. The molecule has 1 N–H and O–H groups in total. The Morgan fingerprint density at radius 2 is 1.63 bits per heavy atom. The van der Waals surface area contributed by atoms with Crippen LogP contribution in [0.1, 0.15) is 64.2 Å². The molecule has 2 nitrogen and oxygen atoms in total. The number of rotatable bonds is 4. The molecule has 0 radical (unpaired) electrons. The molecule has 1 saturated carbocycles. The number of nitrogens with one attached hydrogen (secondary N) is 1. The zero-order valence-electron chi connectivity index (χ0n) is 12.9. The van der Waals surface area contributed by atoms with Gasteiger partial charge in [0, 0.05) is 18.1 Å². The molecule has 1 aliphatic carbocycles. The molecule has 0 aromatic carbocycles. The average molecular weight is 264 g/mol. The van der Waals surface area contributed by atoms with Gasteiger partial charge in [-0.2, -0.15) is 0 Å². The fourth-order valence-corrected chi connectivity index (χ4v) is 5.11. The van der Waals surface area contributed by atoms with Gasteiger partial charge in [-0.15, -0.1) is 0 Å². The molecule has 110 valence electrons. The largest absolute Gasteiger partial charge is 0.317 e. The lowest BCUT2D eigenvalue weighted by atomic mass is 9.78. The minimum atomic E-state index is 0.792. The Morgan fingerprint density at radius 3 is 2.21 bits per heavy atom. The third-order valence-electron chi connectivity index (χ3n) is 6.39. The lowest BCUT2D eigenvalue weighted by molar-refractivity contribution is 0.104. The molecule has 2 aliphatic heterocycles. The summed E-state index contributed by atoms with van der Waals surface area (Å²) in [6.45, 7) is 0. The number of hydrogen-bond donors (Lipinski definition) is 1. The molecule has 3 unspecified atom stereocenters. The summed E-state index contributed by atoms with van der Waals surface area (Å²) in [4.78, 5) is 2.67. The summed E-state index contributed by atoms with van der Waals surface area (Å²) >= 11 is 0. The molecule has 3 aliphatic rings. The van der Waals surface area contributed by atoms with Crippen molar-refractivity contribution in [1.29, 1.82) is 0 Å². The maximum atomic E-state index is 3.68. The summed E-state index contributed by atoms with van der Waals surface area (Å²) in [5.41, 5.74) is 0. The predicted molar refractivity (Wildman–Crippen MR) is 81.3 cm³/mol. The van der Waals surface area contributed by atoms with Crippen molar-refractivity contribution in [3.8, 4) is 0 Å². The number of fused-ring (bicyclic) bond motifs is 2. The first kappa shape index (κ1) is 13.9. The van der Waals surface area contributed by atoms with Crippen LogP contribution in [0.3, 0.4) is 0 Å². The van der Waals surface area contributed by atoms with Gasteiger partial charge in [0.2, 0.25) is 0 Å². The van der Waals surface area contributed by atoms with Crippen LogP contribution in [-0.4, -0.2) is 37.1 Å². The van der Waals surface area contributed by atoms with Crippen LogP contribution in [-0.2, 0) is 0 Å². The highest BCUT2D eigenvalue weighted by Gasteiger charge is 2.40. The van der Waals surface area contributed by atoms with Crippen LogP contribution in [0.2, 0.25) is 0 Å². The smallest absolute Gasteiger partial charge is 0.00989 e. The molecule has 3 fully saturated rings. The summed E-state index contributed by atoms with van der Waals surface area (Å²) in [5, 5.41) is 3.68. The van der Waals surface area contributed by atoms with Crippen molar-refractivity contribution in [2.75, 3.05) is 14.1 Å². The summed E-state index contributed by atoms with van der Waals surface area (Å²) in [7, 11) is 4.56. The van der Waals surface area contributed by atoms with Gasteiger partial charge in [0.25, 0.3) is 0 Å². The van der Waals surface area contributed by atoms with Crippen LogP contribution in [0.5, 0.6) is 0 Å². The Balaban J connectivity index is 1.56. The molecule has 3 atom stereocenters. The van der Waals surface area contributed by atoms with Gasteiger partial charge < -0.3 is 10.2 Å². The highest BCUT2D eigenvalue weighted by atomic mass is 15.2. The second-order valence-corrected chi connectivity index (χ2v) is 7.42. The Hall–Kier alpha value is -0.0800. The molecule has 0 amide bonds. The molecular weight excluding hydrogens is 232 g/mol. The first-order valence-electron chi connectivity index (χ1n) is 8.67. The zero-order chi connectivity index (χ0) is 13.2. The van der Waals surface area contributed by atoms with E-state index in [1.165, 1.54) is 64.2 Å². The SMILES string of the molecule is CNC(CC1CCCCC1)C1CC2CCC(C1)N2C. The number of piperidine rings is 1. The minimum Gasteiger partial charge on any atom is -0.317 e. The molecule has 2 heteroatoms. The highest BCUT2D eigenvalue weighted by molar-refractivity contribution is 4.96. The van der Waals surface area contributed by atoms with Crippen LogP contribution in [0.15, 0.2) is 0 Å². The summed E-state index contributed by atoms with van der Waals surface area (Å²) in [6, 6.07) is 2.58. The van der Waals surface area contributed by atoms with Crippen molar-refractivity contribution in [2.24, 2.45) is 11.8 Å². The maximum absolute atomic E-state index is 3.68. The van der Waals surface area contributed by atoms with E-state index in [2.05, 4.69) is 24.3 Å². The Kier molecular flexibility index (Phi) is 4.48. The molecular formula is C17H32N2. The Morgan fingerprint density at radius 1 is 1.00 bits per heavy atom. The first-order valence-corrected chi connectivity index (χ1v) is 8.67. The van der Waals surface area contributed by atoms with Crippen LogP contribution < -0.4 is 5.32 Å². The average Bonchev–Trinajstić information content (AvgIpc) is 2.68. The lowest BCUT2D eigenvalue weighted by Crippen LogP contribution is -2.46. The van der Waals surface area contributed by atoms with E-state index in [1.807, 2.05) is 0 Å². The van der Waals surface area contributed by atoms with E-state index in [0.717, 1.165) is 30.0 Å². The fraction of sp³-hybridized carbons (Fsp3) is 1.00. The van der Waals surface area contributed by atoms with Crippen molar-refractivity contribution in [2.45, 2.75) is 82.3 Å². The van der Waals surface area contributed by atoms with Crippen molar-refractivity contribution < 1.29 is 0 Å². The molecule has 0 spiro atoms. The second kappa shape index (κ2) is 6.13. The van der Waals surface area contributed by atoms with Gasteiger partial charge >= 0.3 is 0 Å². The van der Waals surface area contributed by atoms with E-state index in [0.29, 0.717) is 0 Å². The van der Waals surface area contributed by atoms with Gasteiger partial charge in [-0.3, -0.25) is 0 Å². The Bertz CT molecular complexity index is 271. The normalized spacial score (nSPS) is 38.5. The third-order valence-corrected chi connectivity index (χ3v) is 6.39. The van der Waals surface area contributed by atoms with Gasteiger partial charge in [0.15, 0.2) is 0 Å². The van der Waals surface area contributed by atoms with Gasteiger partial charge in [-0.05, 0) is 58.0 Å². The van der Waals surface area contributed by atoms with E-state index < -0.39 is 0 Å². The molecule has 2 bridgehead atoms. The predicted octanol–water partition coefficient (Wildman–Crippen LogP) is 3.42. The van der Waals surface area contributed by atoms with Crippen LogP contribution >= 0.6 is 0 Å². The molecule has 2 saturated heterocycles. The molecule has 2 heterocycles. The van der Waals surface area contributed by atoms with E-state index in [1.54, 1.807) is 0 Å². The van der Waals surface area contributed by atoms with Gasteiger partial charge in [0.05, 0.1) is 0 Å². The van der Waals surface area contributed by atoms with Crippen molar-refractivity contribution in [1.82, 2.24) is 10.2 Å². The molecule has 0 aromatic heterocycles. The third kappa shape index (κ3) is 3.00. The molecule has 0 aromatic rings. The number of hydrogen-bond acceptors (Lipinski definition) is 2. The van der Waals surface area contributed by atoms with E-state index >= 15 is 0 Å². The zero-order valence-corrected chi connectivity index (χ0v) is 12.9. The summed E-state index contributed by atoms with van der Waals surface area (Å²) in [6.07, 6.45) is 14.7. The number of nitrogens with zero attached hydrogens (tertiary/aromatic N) is 1. The summed E-state index contributed by atoms with van der Waals surface area (Å²) < 4.78 is 0. The fourth-order valence-electron chi connectivity index (χ4n) is 5.11. The van der Waals surface area contributed by atoms with E-state index in [9.17, 15) is 0 Å². The van der Waals surface area contributed by atoms with Crippen LogP contribution in [0.4, 0.5) is 0 Å². The van der Waals surface area contributed by atoms with Gasteiger partial charge in [-0.1, -0.05) is 32.1 Å². The molecule has 19 heavy (non-hydrogen) atoms. The molecule has 3 rings (SSSR count). The van der Waals surface area contributed by atoms with Crippen LogP contribution in [0, 0.1) is 11.8 Å². The van der Waals surface area contributed by atoms with Crippen LogP contribution in [0.25, 0.3) is 0 Å². The summed E-state index contributed by atoms with van der Waals surface area (Å²) in [5.74, 6) is 1.96. The lowest BCUT2D eigenvalue weighted by Gasteiger charge is -2.41. The quantitative estimate of drug-likeness (QED) is 0.837. The highest BCUT2D eigenvalue weighted by Crippen LogP contribution is 2.40. The topological polar surface area (TPSA) is 15.3 Å². The Labute approximate surface area is 119 Å². The second-order valence-electron chi connectivity index (χ2n) is 7.42. The van der Waals surface area contributed by atoms with Crippen molar-refractivity contribution >= 4 is 0 Å². The van der Waals surface area contributed by atoms with Gasteiger partial charge in [-0.25, -0.2) is 0 Å². The van der Waals surface area contributed by atoms with Crippen molar-refractivity contribution in [3.05, 3.63) is 0 Å². The van der Waals surface area contributed by atoms with Gasteiger partial charge in [0.1, 0.15) is 0 Å². The maximum Gasteiger partial charge on any atom is 0.00989 e. The monoisotopic (exact) mass is 264 g/mol. The first-order chi connectivity index (χ1) is 9.28. The van der Waals surface area contributed by atoms with Crippen molar-refractivity contribution in [3.63, 3.8) is 0 Å². The van der Waals surface area contributed by atoms with E-state index in [-0.39, 0.29) is 0 Å². The van der Waals surface area contributed by atoms with E-state index in [4.69, 9.17) is 0 Å².